The third-order valence-electron chi connectivity index (χ3n) is 7.29. The third-order valence-corrected chi connectivity index (χ3v) is 7.29. The van der Waals surface area contributed by atoms with E-state index in [4.69, 9.17) is 10.1 Å². The van der Waals surface area contributed by atoms with Gasteiger partial charge in [-0.1, -0.05) is 32.0 Å². The van der Waals surface area contributed by atoms with Crippen LogP contribution >= 0.6 is 0 Å². The Bertz CT molecular complexity index is 1170. The van der Waals surface area contributed by atoms with Crippen molar-refractivity contribution in [1.29, 1.82) is 0 Å². The fourth-order valence-electron chi connectivity index (χ4n) is 5.72. The largest absolute Gasteiger partial charge is 0.512 e. The number of carbonyl (C=O) groups excluding carboxylic acids is 1. The number of aryl methyl sites for hydroxylation is 2. The summed E-state index contributed by atoms with van der Waals surface area (Å²) < 4.78 is 0. The summed E-state index contributed by atoms with van der Waals surface area (Å²) in [7, 11) is 0. The molecule has 1 aromatic heterocycles. The van der Waals surface area contributed by atoms with E-state index in [1.807, 2.05) is 6.20 Å². The van der Waals surface area contributed by atoms with Crippen LogP contribution in [0.2, 0.25) is 0 Å². The Kier molecular flexibility index (Phi) is 8.49. The first kappa shape index (κ1) is 26.3. The summed E-state index contributed by atoms with van der Waals surface area (Å²) in [5.41, 5.74) is 6.61. The number of fused-ring (bicyclic) bond motifs is 4. The molecule has 6 rings (SSSR count). The molecule has 0 amide bonds. The van der Waals surface area contributed by atoms with Crippen molar-refractivity contribution in [3.63, 3.8) is 0 Å². The normalized spacial score (nSPS) is 21.4. The van der Waals surface area contributed by atoms with Gasteiger partial charge < -0.3 is 10.1 Å². The molecule has 0 aliphatic heterocycles. The molecule has 3 aliphatic carbocycles. The second-order valence-corrected chi connectivity index (χ2v) is 10.0. The number of hydrogen-bond donors (Lipinski definition) is 1. The summed E-state index contributed by atoms with van der Waals surface area (Å²) in [6.45, 7) is 7.10. The Balaban J connectivity index is 0.000000357. The molecule has 1 heterocycles. The molecule has 3 aromatic rings. The van der Waals surface area contributed by atoms with Crippen molar-refractivity contribution in [2.75, 3.05) is 0 Å². The number of allylic oxidation sites excluding steroid dienone is 2. The number of rotatable bonds is 3. The quantitative estimate of drug-likeness (QED) is 0.184. The minimum absolute atomic E-state index is 0. The van der Waals surface area contributed by atoms with E-state index >= 15 is 0 Å². The molecule has 3 saturated carbocycles. The zero-order valence-corrected chi connectivity index (χ0v) is 23.0. The van der Waals surface area contributed by atoms with Crippen LogP contribution in [0.1, 0.15) is 69.1 Å². The molecule has 4 heteroatoms. The maximum atomic E-state index is 10.0. The first-order valence-electron chi connectivity index (χ1n) is 12.0. The van der Waals surface area contributed by atoms with Crippen LogP contribution < -0.4 is 0 Å². The molecule has 3 nitrogen and oxygen atoms in total. The standard InChI is InChI=1S/C25H26N.C5H8O2.Ir/c1-17-13-18(2)15-21(14-17)24-23-4-3-22(16-20(23)8-12-26-24)25-9-5-19(6-10-25)7-11-25;1-4(6)3-5(2)7;/h3-4,8,12-14,16,19H,5-7,9-11H2,1-2H3;3,6H,1-2H3;/q-1;;/b;4-3-;. The summed E-state index contributed by atoms with van der Waals surface area (Å²) in [5, 5.41) is 10.9. The van der Waals surface area contributed by atoms with E-state index < -0.39 is 0 Å². The molecule has 0 spiro atoms. The second-order valence-electron chi connectivity index (χ2n) is 10.0. The summed E-state index contributed by atoms with van der Waals surface area (Å²) in [6.07, 6.45) is 11.6. The number of aliphatic hydroxyl groups excluding tert-OH is 1. The van der Waals surface area contributed by atoms with Gasteiger partial charge >= 0.3 is 0 Å². The number of hydrogen-bond acceptors (Lipinski definition) is 3. The predicted octanol–water partition coefficient (Wildman–Crippen LogP) is 7.58. The van der Waals surface area contributed by atoms with E-state index in [0.29, 0.717) is 5.41 Å². The predicted molar refractivity (Wildman–Crippen MR) is 135 cm³/mol. The average molecular weight is 633 g/mol. The van der Waals surface area contributed by atoms with Crippen molar-refractivity contribution >= 4 is 16.6 Å². The number of nitrogens with zero attached hydrogens (tertiary/aromatic N) is 1. The first-order chi connectivity index (χ1) is 15.8. The fourth-order valence-corrected chi connectivity index (χ4v) is 5.72. The van der Waals surface area contributed by atoms with Crippen molar-refractivity contribution in [2.45, 2.75) is 71.6 Å². The molecule has 0 saturated heterocycles. The Morgan fingerprint density at radius 3 is 2.29 bits per heavy atom. The molecule has 1 radical (unpaired) electrons. The molecule has 3 aliphatic rings. The molecule has 0 unspecified atom stereocenters. The maximum absolute atomic E-state index is 10.0. The van der Waals surface area contributed by atoms with E-state index in [-0.39, 0.29) is 31.6 Å². The zero-order valence-electron chi connectivity index (χ0n) is 20.6. The molecule has 181 valence electrons. The summed E-state index contributed by atoms with van der Waals surface area (Å²) >= 11 is 0. The molecule has 2 aromatic carbocycles. The van der Waals surface area contributed by atoms with Crippen molar-refractivity contribution in [1.82, 2.24) is 4.98 Å². The first-order valence-corrected chi connectivity index (χ1v) is 12.0. The maximum Gasteiger partial charge on any atom is 0.155 e. The van der Waals surface area contributed by atoms with Crippen molar-refractivity contribution in [3.8, 4) is 11.3 Å². The SMILES string of the molecule is CC(=O)/C=C(/C)O.Cc1[c-]c(-c2nccc3cc(C45CCC(CC4)CC5)ccc23)cc(C)c1.[Ir]. The Morgan fingerprint density at radius 2 is 1.74 bits per heavy atom. The van der Waals surface area contributed by atoms with Crippen LogP contribution in [0.4, 0.5) is 0 Å². The van der Waals surface area contributed by atoms with Gasteiger partial charge in [0, 0.05) is 32.4 Å². The van der Waals surface area contributed by atoms with Crippen molar-refractivity contribution in [2.24, 2.45) is 5.92 Å². The van der Waals surface area contributed by atoms with Gasteiger partial charge in [-0.25, -0.2) is 0 Å². The van der Waals surface area contributed by atoms with Crippen LogP contribution in [-0.2, 0) is 30.3 Å². The monoisotopic (exact) mass is 633 g/mol. The molecule has 34 heavy (non-hydrogen) atoms. The zero-order chi connectivity index (χ0) is 23.6. The van der Waals surface area contributed by atoms with Gasteiger partial charge in [0.15, 0.2) is 5.78 Å². The molecular formula is C30H34IrNO2-. The van der Waals surface area contributed by atoms with Crippen LogP contribution in [0.25, 0.3) is 22.0 Å². The van der Waals surface area contributed by atoms with Crippen LogP contribution in [0.3, 0.4) is 0 Å². The second kappa shape index (κ2) is 11.0. The molecule has 1 N–H and O–H groups in total. The Morgan fingerprint density at radius 1 is 1.06 bits per heavy atom. The molecule has 0 atom stereocenters. The minimum Gasteiger partial charge on any atom is -0.512 e. The molecular weight excluding hydrogens is 599 g/mol. The van der Waals surface area contributed by atoms with Crippen LogP contribution in [0.15, 0.2) is 54.4 Å². The topological polar surface area (TPSA) is 50.2 Å². The van der Waals surface area contributed by atoms with Gasteiger partial charge in [-0.05, 0) is 91.8 Å². The average Bonchev–Trinajstić information content (AvgIpc) is 2.78. The number of carbonyl (C=O) groups is 1. The summed E-state index contributed by atoms with van der Waals surface area (Å²) in [6, 6.07) is 17.2. The van der Waals surface area contributed by atoms with Gasteiger partial charge in [0.2, 0.25) is 0 Å². The van der Waals surface area contributed by atoms with Crippen LogP contribution in [0.5, 0.6) is 0 Å². The summed E-state index contributed by atoms with van der Waals surface area (Å²) in [4.78, 5) is 14.7. The fraction of sp³-hybridized carbons (Fsp3) is 0.400. The molecule has 3 fully saturated rings. The number of benzene rings is 2. The number of ketones is 1. The number of aliphatic hydroxyl groups is 1. The third kappa shape index (κ3) is 5.85. The van der Waals surface area contributed by atoms with Gasteiger partial charge in [-0.15, -0.1) is 34.9 Å². The summed E-state index contributed by atoms with van der Waals surface area (Å²) in [5.74, 6) is 0.945. The van der Waals surface area contributed by atoms with Gasteiger partial charge in [-0.2, -0.15) is 0 Å². The van der Waals surface area contributed by atoms with E-state index in [2.05, 4.69) is 56.3 Å². The van der Waals surface area contributed by atoms with E-state index in [0.717, 1.165) is 17.2 Å². The van der Waals surface area contributed by atoms with Crippen molar-refractivity contribution < 1.29 is 30.0 Å². The van der Waals surface area contributed by atoms with Gasteiger partial charge in [-0.3, -0.25) is 4.79 Å². The van der Waals surface area contributed by atoms with Gasteiger partial charge in [0.25, 0.3) is 0 Å². The Labute approximate surface area is 217 Å². The van der Waals surface area contributed by atoms with Gasteiger partial charge in [0.05, 0.1) is 5.76 Å². The number of aromatic nitrogens is 1. The van der Waals surface area contributed by atoms with E-state index in [1.54, 1.807) is 5.56 Å². The minimum atomic E-state index is -0.125. The Hall–Kier alpha value is -2.29. The van der Waals surface area contributed by atoms with Crippen LogP contribution in [-0.4, -0.2) is 15.9 Å². The van der Waals surface area contributed by atoms with E-state index in [1.165, 1.54) is 80.3 Å². The molecule has 2 bridgehead atoms. The van der Waals surface area contributed by atoms with Crippen molar-refractivity contribution in [3.05, 3.63) is 77.2 Å². The van der Waals surface area contributed by atoms with Gasteiger partial charge in [0.1, 0.15) is 0 Å². The van der Waals surface area contributed by atoms with Crippen LogP contribution in [0, 0.1) is 25.8 Å². The smallest absolute Gasteiger partial charge is 0.155 e. The van der Waals surface area contributed by atoms with E-state index in [9.17, 15) is 4.79 Å². The number of pyridine rings is 1.